The van der Waals surface area contributed by atoms with Crippen LogP contribution < -0.4 is 5.32 Å². The van der Waals surface area contributed by atoms with Crippen LogP contribution in [0.5, 0.6) is 0 Å². The summed E-state index contributed by atoms with van der Waals surface area (Å²) < 4.78 is 0. The van der Waals surface area contributed by atoms with E-state index in [2.05, 4.69) is 30.4 Å². The van der Waals surface area contributed by atoms with Gasteiger partial charge in [-0.25, -0.2) is 4.98 Å². The van der Waals surface area contributed by atoms with Crippen LogP contribution in [0.2, 0.25) is 0 Å². The fraction of sp³-hybridized carbons (Fsp3) is 0.750. The lowest BCUT2D eigenvalue weighted by molar-refractivity contribution is 0.475. The van der Waals surface area contributed by atoms with Gasteiger partial charge in [0.05, 0.1) is 12.2 Å². The molecule has 0 unspecified atom stereocenters. The van der Waals surface area contributed by atoms with E-state index in [0.29, 0.717) is 0 Å². The van der Waals surface area contributed by atoms with Crippen LogP contribution in [0.3, 0.4) is 0 Å². The lowest BCUT2D eigenvalue weighted by Crippen LogP contribution is -2.38. The van der Waals surface area contributed by atoms with Gasteiger partial charge >= 0.3 is 0 Å². The minimum atomic E-state index is 0. The van der Waals surface area contributed by atoms with E-state index in [1.165, 1.54) is 47.0 Å². The monoisotopic (exact) mass is 468 g/mol. The Bertz CT molecular complexity index is 467. The number of fused-ring (bicyclic) bond motifs is 1. The molecule has 0 saturated carbocycles. The number of rotatable bonds is 7. The van der Waals surface area contributed by atoms with Gasteiger partial charge in [-0.05, 0) is 51.0 Å². The summed E-state index contributed by atoms with van der Waals surface area (Å²) in [6.07, 6.45) is 8.29. The van der Waals surface area contributed by atoms with Gasteiger partial charge in [0, 0.05) is 25.0 Å². The first kappa shape index (κ1) is 21.0. The van der Waals surface area contributed by atoms with Crippen molar-refractivity contribution in [3.63, 3.8) is 0 Å². The number of thioether (sulfide) groups is 1. The van der Waals surface area contributed by atoms with Gasteiger partial charge in [-0.2, -0.15) is 11.8 Å². The summed E-state index contributed by atoms with van der Waals surface area (Å²) in [7, 11) is 2.11. The van der Waals surface area contributed by atoms with E-state index in [0.717, 1.165) is 32.0 Å². The number of nitrogens with zero attached hydrogens (tertiary/aromatic N) is 3. The molecule has 0 fully saturated rings. The minimum Gasteiger partial charge on any atom is -0.357 e. The molecule has 0 radical (unpaired) electrons. The molecule has 7 heteroatoms. The molecule has 1 heterocycles. The summed E-state index contributed by atoms with van der Waals surface area (Å²) in [5.41, 5.74) is 1.35. The van der Waals surface area contributed by atoms with Crippen molar-refractivity contribution in [3.8, 4) is 0 Å². The minimum absolute atomic E-state index is 0. The molecular formula is C16H29IN4S2. The predicted octanol–water partition coefficient (Wildman–Crippen LogP) is 3.79. The highest BCUT2D eigenvalue weighted by Crippen LogP contribution is 2.27. The Kier molecular flexibility index (Phi) is 10.5. The zero-order chi connectivity index (χ0) is 15.8. The second-order valence-corrected chi connectivity index (χ2v) is 7.78. The average Bonchev–Trinajstić information content (AvgIpc) is 2.92. The molecule has 1 aromatic rings. The highest BCUT2D eigenvalue weighted by molar-refractivity contribution is 14.0. The Hall–Kier alpha value is -0.0200. The van der Waals surface area contributed by atoms with Crippen molar-refractivity contribution in [2.24, 2.45) is 4.99 Å². The molecule has 23 heavy (non-hydrogen) atoms. The van der Waals surface area contributed by atoms with Gasteiger partial charge in [0.25, 0.3) is 0 Å². The van der Waals surface area contributed by atoms with E-state index in [4.69, 9.17) is 9.98 Å². The van der Waals surface area contributed by atoms with Crippen LogP contribution in [0.1, 0.15) is 41.8 Å². The molecule has 0 aromatic carbocycles. The van der Waals surface area contributed by atoms with Crippen LogP contribution in [0, 0.1) is 0 Å². The summed E-state index contributed by atoms with van der Waals surface area (Å²) in [6.45, 7) is 4.77. The van der Waals surface area contributed by atoms with Gasteiger partial charge in [-0.15, -0.1) is 35.3 Å². The van der Waals surface area contributed by atoms with Crippen molar-refractivity contribution in [1.29, 1.82) is 0 Å². The molecule has 1 N–H and O–H groups in total. The number of aryl methyl sites for hydroxylation is 2. The van der Waals surface area contributed by atoms with Crippen molar-refractivity contribution >= 4 is 53.0 Å². The van der Waals surface area contributed by atoms with Crippen LogP contribution in [-0.4, -0.2) is 48.0 Å². The normalized spacial score (nSPS) is 14.1. The van der Waals surface area contributed by atoms with E-state index in [-0.39, 0.29) is 24.0 Å². The molecule has 1 aliphatic carbocycles. The highest BCUT2D eigenvalue weighted by atomic mass is 127. The lowest BCUT2D eigenvalue weighted by Gasteiger charge is -2.20. The molecule has 0 amide bonds. The highest BCUT2D eigenvalue weighted by Gasteiger charge is 2.16. The van der Waals surface area contributed by atoms with E-state index in [1.54, 1.807) is 0 Å². The Morgan fingerprint density at radius 1 is 1.39 bits per heavy atom. The summed E-state index contributed by atoms with van der Waals surface area (Å²) >= 11 is 3.77. The molecule has 0 bridgehead atoms. The van der Waals surface area contributed by atoms with Crippen molar-refractivity contribution in [3.05, 3.63) is 15.6 Å². The number of nitrogens with one attached hydrogen (secondary N) is 1. The third-order valence-corrected chi connectivity index (χ3v) is 5.57. The van der Waals surface area contributed by atoms with Crippen LogP contribution in [0.4, 0.5) is 0 Å². The van der Waals surface area contributed by atoms with E-state index >= 15 is 0 Å². The van der Waals surface area contributed by atoms with Crippen molar-refractivity contribution in [2.75, 3.05) is 32.1 Å². The van der Waals surface area contributed by atoms with Gasteiger partial charge < -0.3 is 10.2 Å². The summed E-state index contributed by atoms with van der Waals surface area (Å²) in [6, 6.07) is 0. The predicted molar refractivity (Wildman–Crippen MR) is 115 cm³/mol. The van der Waals surface area contributed by atoms with E-state index in [1.807, 2.05) is 23.1 Å². The SMILES string of the molecule is CCNC(=NCCCSC)N(C)Cc1nc2c(s1)CCCC2.I. The average molecular weight is 468 g/mol. The van der Waals surface area contributed by atoms with Gasteiger partial charge in [0.2, 0.25) is 0 Å². The zero-order valence-corrected chi connectivity index (χ0v) is 18.4. The number of aliphatic imine (C=N–C) groups is 1. The number of aromatic nitrogens is 1. The molecule has 2 rings (SSSR count). The molecule has 0 atom stereocenters. The van der Waals surface area contributed by atoms with E-state index < -0.39 is 0 Å². The Balaban J connectivity index is 0.00000264. The van der Waals surface area contributed by atoms with E-state index in [9.17, 15) is 0 Å². The smallest absolute Gasteiger partial charge is 0.194 e. The van der Waals surface area contributed by atoms with Gasteiger partial charge in [0.15, 0.2) is 5.96 Å². The second-order valence-electron chi connectivity index (χ2n) is 5.62. The van der Waals surface area contributed by atoms with Crippen LogP contribution in [0.25, 0.3) is 0 Å². The van der Waals surface area contributed by atoms with Gasteiger partial charge in [0.1, 0.15) is 5.01 Å². The fourth-order valence-corrected chi connectivity index (χ4v) is 4.24. The maximum atomic E-state index is 4.83. The third-order valence-electron chi connectivity index (χ3n) is 3.73. The topological polar surface area (TPSA) is 40.5 Å². The van der Waals surface area contributed by atoms with Crippen LogP contribution >= 0.6 is 47.1 Å². The molecule has 0 spiro atoms. The molecule has 0 saturated heterocycles. The second kappa shape index (κ2) is 11.5. The molecule has 132 valence electrons. The largest absolute Gasteiger partial charge is 0.357 e. The van der Waals surface area contributed by atoms with Crippen molar-refractivity contribution in [2.45, 2.75) is 45.6 Å². The van der Waals surface area contributed by atoms with Crippen molar-refractivity contribution in [1.82, 2.24) is 15.2 Å². The first-order valence-corrected chi connectivity index (χ1v) is 10.4. The van der Waals surface area contributed by atoms with Gasteiger partial charge in [-0.1, -0.05) is 0 Å². The first-order chi connectivity index (χ1) is 10.7. The van der Waals surface area contributed by atoms with Crippen molar-refractivity contribution < 1.29 is 0 Å². The maximum absolute atomic E-state index is 4.83. The molecule has 1 aromatic heterocycles. The molecule has 4 nitrogen and oxygen atoms in total. The maximum Gasteiger partial charge on any atom is 0.194 e. The molecular weight excluding hydrogens is 439 g/mol. The molecule has 1 aliphatic rings. The Morgan fingerprint density at radius 3 is 2.87 bits per heavy atom. The standard InChI is InChI=1S/C16H28N4S2.HI/c1-4-17-16(18-10-7-11-21-3)20(2)12-15-19-13-8-5-6-9-14(13)22-15;/h4-12H2,1-3H3,(H,17,18);1H. The summed E-state index contributed by atoms with van der Waals surface area (Å²) in [4.78, 5) is 13.3. The lowest BCUT2D eigenvalue weighted by atomic mass is 10.0. The molecule has 0 aliphatic heterocycles. The third kappa shape index (κ3) is 6.78. The quantitative estimate of drug-likeness (QED) is 0.286. The Morgan fingerprint density at radius 2 is 2.17 bits per heavy atom. The fourth-order valence-electron chi connectivity index (χ4n) is 2.61. The number of halogens is 1. The number of thiazole rings is 1. The summed E-state index contributed by atoms with van der Waals surface area (Å²) in [5, 5.41) is 4.61. The number of hydrogen-bond donors (Lipinski definition) is 1. The number of hydrogen-bond acceptors (Lipinski definition) is 4. The van der Waals surface area contributed by atoms with Gasteiger partial charge in [-0.3, -0.25) is 4.99 Å². The summed E-state index contributed by atoms with van der Waals surface area (Å²) in [5.74, 6) is 2.17. The van der Waals surface area contributed by atoms with Crippen LogP contribution in [0.15, 0.2) is 4.99 Å². The Labute approximate surface area is 166 Å². The van der Waals surface area contributed by atoms with Crippen LogP contribution in [-0.2, 0) is 19.4 Å². The zero-order valence-electron chi connectivity index (χ0n) is 14.4. The number of guanidine groups is 1. The first-order valence-electron chi connectivity index (χ1n) is 8.20.